The van der Waals surface area contributed by atoms with Crippen LogP contribution >= 0.6 is 11.3 Å². The Morgan fingerprint density at radius 1 is 1.29 bits per heavy atom. The number of hydrogen-bond acceptors (Lipinski definition) is 4. The van der Waals surface area contributed by atoms with Gasteiger partial charge in [0.05, 0.1) is 0 Å². The molecule has 0 aliphatic heterocycles. The van der Waals surface area contributed by atoms with Gasteiger partial charge >= 0.3 is 0 Å². The van der Waals surface area contributed by atoms with Crippen LogP contribution in [0.15, 0.2) is 23.6 Å². The van der Waals surface area contributed by atoms with Crippen LogP contribution in [0, 0.1) is 13.8 Å². The molecule has 17 heavy (non-hydrogen) atoms. The number of rotatable bonds is 1. The molecule has 2 N–H and O–H groups in total. The van der Waals surface area contributed by atoms with E-state index in [1.165, 1.54) is 22.5 Å². The molecule has 0 aliphatic carbocycles. The molecule has 0 amide bonds. The Labute approximate surface area is 103 Å². The first kappa shape index (κ1) is 10.3. The number of nitrogens with two attached hydrogens (primary N) is 1. The van der Waals surface area contributed by atoms with Crippen LogP contribution in [0.5, 0.6) is 0 Å². The quantitative estimate of drug-likeness (QED) is 0.716. The highest BCUT2D eigenvalue weighted by Gasteiger charge is 2.11. The van der Waals surface area contributed by atoms with Gasteiger partial charge in [0.1, 0.15) is 5.82 Å². The van der Waals surface area contributed by atoms with Crippen LogP contribution in [0.4, 0.5) is 5.82 Å². The number of hydrogen-bond donors (Lipinski definition) is 1. The first-order valence-corrected chi connectivity index (χ1v) is 6.20. The lowest BCUT2D eigenvalue weighted by Crippen LogP contribution is -1.93. The maximum absolute atomic E-state index is 5.81. The Hall–Kier alpha value is -1.88. The number of aryl methyl sites for hydroxylation is 2. The standard InChI is InChI=1S/C12H12N4S/c1-7-3-4-8(2)9(5-7)11-14-12-16(15-11)10(13)6-17-12/h3-6H,13H2,1-2H3. The molecule has 0 radical (unpaired) electrons. The third-order valence-electron chi connectivity index (χ3n) is 2.74. The zero-order valence-corrected chi connectivity index (χ0v) is 10.5. The SMILES string of the molecule is Cc1ccc(C)c(-c2nc3scc(N)n3n2)c1. The molecule has 86 valence electrons. The van der Waals surface area contributed by atoms with Crippen LogP contribution in [-0.4, -0.2) is 14.6 Å². The number of nitrogens with zero attached hydrogens (tertiary/aromatic N) is 3. The number of fused-ring (bicyclic) bond motifs is 1. The number of thiazole rings is 1. The molecule has 0 fully saturated rings. The minimum Gasteiger partial charge on any atom is -0.383 e. The van der Waals surface area contributed by atoms with Crippen LogP contribution in [0.2, 0.25) is 0 Å². The molecule has 3 rings (SSSR count). The molecule has 0 spiro atoms. The molecule has 0 saturated carbocycles. The van der Waals surface area contributed by atoms with E-state index in [9.17, 15) is 0 Å². The lowest BCUT2D eigenvalue weighted by atomic mass is 10.1. The van der Waals surface area contributed by atoms with Gasteiger partial charge in [-0.05, 0) is 25.5 Å². The highest BCUT2D eigenvalue weighted by atomic mass is 32.1. The molecular weight excluding hydrogens is 232 g/mol. The lowest BCUT2D eigenvalue weighted by Gasteiger charge is -2.02. The second kappa shape index (κ2) is 3.56. The molecule has 0 unspecified atom stereocenters. The van der Waals surface area contributed by atoms with Crippen molar-refractivity contribution in [2.45, 2.75) is 13.8 Å². The first-order valence-electron chi connectivity index (χ1n) is 5.32. The summed E-state index contributed by atoms with van der Waals surface area (Å²) < 4.78 is 1.68. The molecule has 5 heteroatoms. The van der Waals surface area contributed by atoms with E-state index in [1.807, 2.05) is 5.38 Å². The van der Waals surface area contributed by atoms with Gasteiger partial charge in [-0.1, -0.05) is 17.7 Å². The van der Waals surface area contributed by atoms with Gasteiger partial charge in [0, 0.05) is 10.9 Å². The van der Waals surface area contributed by atoms with Crippen molar-refractivity contribution in [2.75, 3.05) is 5.73 Å². The van der Waals surface area contributed by atoms with Gasteiger partial charge in [-0.15, -0.1) is 16.4 Å². The maximum atomic E-state index is 5.81. The van der Waals surface area contributed by atoms with Crippen LogP contribution in [0.25, 0.3) is 16.3 Å². The third-order valence-corrected chi connectivity index (χ3v) is 3.58. The van der Waals surface area contributed by atoms with Crippen LogP contribution in [-0.2, 0) is 0 Å². The average molecular weight is 244 g/mol. The van der Waals surface area contributed by atoms with Gasteiger partial charge in [0.15, 0.2) is 5.82 Å². The van der Waals surface area contributed by atoms with Crippen molar-refractivity contribution in [3.63, 3.8) is 0 Å². The largest absolute Gasteiger partial charge is 0.383 e. The van der Waals surface area contributed by atoms with E-state index in [0.29, 0.717) is 5.82 Å². The highest BCUT2D eigenvalue weighted by Crippen LogP contribution is 2.24. The molecule has 0 atom stereocenters. The molecule has 3 aromatic rings. The Balaban J connectivity index is 2.23. The Morgan fingerprint density at radius 3 is 2.88 bits per heavy atom. The van der Waals surface area contributed by atoms with E-state index in [-0.39, 0.29) is 0 Å². The van der Waals surface area contributed by atoms with Crippen LogP contribution in [0.1, 0.15) is 11.1 Å². The summed E-state index contributed by atoms with van der Waals surface area (Å²) in [6, 6.07) is 6.28. The normalized spacial score (nSPS) is 11.2. The van der Waals surface area contributed by atoms with Crippen LogP contribution in [0.3, 0.4) is 0 Å². The van der Waals surface area contributed by atoms with Gasteiger partial charge in [0.25, 0.3) is 0 Å². The van der Waals surface area contributed by atoms with Crippen molar-refractivity contribution in [1.82, 2.24) is 14.6 Å². The second-order valence-corrected chi connectivity index (χ2v) is 4.95. The topological polar surface area (TPSA) is 56.2 Å². The predicted molar refractivity (Wildman–Crippen MR) is 70.2 cm³/mol. The lowest BCUT2D eigenvalue weighted by molar-refractivity contribution is 0.992. The number of anilines is 1. The summed E-state index contributed by atoms with van der Waals surface area (Å²) in [5.74, 6) is 1.37. The molecule has 0 bridgehead atoms. The van der Waals surface area contributed by atoms with Gasteiger partial charge in [-0.25, -0.2) is 0 Å². The molecule has 0 saturated heterocycles. The van der Waals surface area contributed by atoms with Gasteiger partial charge in [-0.3, -0.25) is 0 Å². The van der Waals surface area contributed by atoms with Crippen molar-refractivity contribution in [3.05, 3.63) is 34.7 Å². The Bertz CT molecular complexity index is 696. The van der Waals surface area contributed by atoms with Crippen molar-refractivity contribution in [2.24, 2.45) is 0 Å². The molecule has 1 aromatic carbocycles. The number of nitrogen functional groups attached to an aromatic ring is 1. The fourth-order valence-electron chi connectivity index (χ4n) is 1.80. The summed E-state index contributed by atoms with van der Waals surface area (Å²) in [5, 5.41) is 6.28. The van der Waals surface area contributed by atoms with Crippen molar-refractivity contribution < 1.29 is 0 Å². The van der Waals surface area contributed by atoms with Gasteiger partial charge < -0.3 is 5.73 Å². The van der Waals surface area contributed by atoms with E-state index in [0.717, 1.165) is 16.3 Å². The molecule has 0 aliphatic rings. The second-order valence-electron chi connectivity index (χ2n) is 4.11. The van der Waals surface area contributed by atoms with E-state index >= 15 is 0 Å². The summed E-state index contributed by atoms with van der Waals surface area (Å²) in [4.78, 5) is 5.33. The molecule has 2 heterocycles. The summed E-state index contributed by atoms with van der Waals surface area (Å²) in [6.07, 6.45) is 0. The van der Waals surface area contributed by atoms with Gasteiger partial charge in [0.2, 0.25) is 4.96 Å². The van der Waals surface area contributed by atoms with E-state index in [1.54, 1.807) is 4.52 Å². The monoisotopic (exact) mass is 244 g/mol. The van der Waals surface area contributed by atoms with E-state index in [4.69, 9.17) is 5.73 Å². The van der Waals surface area contributed by atoms with Crippen molar-refractivity contribution in [1.29, 1.82) is 0 Å². The number of benzene rings is 1. The summed E-state index contributed by atoms with van der Waals surface area (Å²) in [6.45, 7) is 4.13. The average Bonchev–Trinajstić information content (AvgIpc) is 2.85. The smallest absolute Gasteiger partial charge is 0.214 e. The van der Waals surface area contributed by atoms with Crippen LogP contribution < -0.4 is 5.73 Å². The third kappa shape index (κ3) is 1.59. The van der Waals surface area contributed by atoms with E-state index in [2.05, 4.69) is 42.1 Å². The zero-order chi connectivity index (χ0) is 12.0. The molecule has 2 aromatic heterocycles. The molecular formula is C12H12N4S. The minimum atomic E-state index is 0.633. The van der Waals surface area contributed by atoms with E-state index < -0.39 is 0 Å². The maximum Gasteiger partial charge on any atom is 0.214 e. The Kier molecular flexibility index (Phi) is 2.16. The fourth-order valence-corrected chi connectivity index (χ4v) is 2.51. The highest BCUT2D eigenvalue weighted by molar-refractivity contribution is 7.15. The first-order chi connectivity index (χ1) is 8.15. The van der Waals surface area contributed by atoms with Gasteiger partial charge in [-0.2, -0.15) is 9.50 Å². The summed E-state index contributed by atoms with van der Waals surface area (Å²) in [7, 11) is 0. The van der Waals surface area contributed by atoms with Crippen molar-refractivity contribution in [3.8, 4) is 11.4 Å². The fraction of sp³-hybridized carbons (Fsp3) is 0.167. The summed E-state index contributed by atoms with van der Waals surface area (Å²) in [5.41, 5.74) is 9.26. The zero-order valence-electron chi connectivity index (χ0n) is 9.64. The number of aromatic nitrogens is 3. The summed E-state index contributed by atoms with van der Waals surface area (Å²) >= 11 is 1.50. The molecule has 4 nitrogen and oxygen atoms in total. The Morgan fingerprint density at radius 2 is 2.12 bits per heavy atom. The predicted octanol–water partition coefficient (Wildman–Crippen LogP) is 2.66. The van der Waals surface area contributed by atoms with Crippen molar-refractivity contribution >= 4 is 22.1 Å². The minimum absolute atomic E-state index is 0.633.